The van der Waals surface area contributed by atoms with E-state index in [1.54, 1.807) is 0 Å². The fourth-order valence-corrected chi connectivity index (χ4v) is 3.12. The lowest BCUT2D eigenvalue weighted by Gasteiger charge is -2.19. The molecule has 1 aliphatic rings. The Balaban J connectivity index is 2.38. The minimum absolute atomic E-state index is 0.483. The quantitative estimate of drug-likeness (QED) is 0.877. The molecule has 3 heteroatoms. The van der Waals surface area contributed by atoms with Gasteiger partial charge >= 0.3 is 0 Å². The van der Waals surface area contributed by atoms with Gasteiger partial charge in [-0.1, -0.05) is 15.9 Å². The van der Waals surface area contributed by atoms with E-state index >= 15 is 0 Å². The lowest BCUT2D eigenvalue weighted by Crippen LogP contribution is -2.24. The maximum atomic E-state index is 10.3. The van der Waals surface area contributed by atoms with Gasteiger partial charge in [0, 0.05) is 10.5 Å². The van der Waals surface area contributed by atoms with Crippen LogP contribution in [0.1, 0.15) is 35.1 Å². The second kappa shape index (κ2) is 4.99. The van der Waals surface area contributed by atoms with Crippen molar-refractivity contribution in [2.24, 2.45) is 0 Å². The Labute approximate surface area is 112 Å². The van der Waals surface area contributed by atoms with Gasteiger partial charge in [-0.25, -0.2) is 0 Å². The first-order valence-electron chi connectivity index (χ1n) is 6.22. The summed E-state index contributed by atoms with van der Waals surface area (Å²) in [5.74, 6) is 0.483. The molecular formula is C14H20BrNO. The van der Waals surface area contributed by atoms with Crippen LogP contribution in [0.2, 0.25) is 0 Å². The van der Waals surface area contributed by atoms with E-state index in [2.05, 4.69) is 28.2 Å². The fraction of sp³-hybridized carbons (Fsp3) is 0.571. The topological polar surface area (TPSA) is 32.3 Å². The van der Waals surface area contributed by atoms with Crippen LogP contribution in [-0.2, 0) is 6.42 Å². The zero-order valence-corrected chi connectivity index (χ0v) is 12.3. The molecule has 0 radical (unpaired) electrons. The zero-order valence-electron chi connectivity index (χ0n) is 10.7. The van der Waals surface area contributed by atoms with Gasteiger partial charge in [-0.2, -0.15) is 0 Å². The second-order valence-corrected chi connectivity index (χ2v) is 5.81. The molecule has 1 unspecified atom stereocenters. The van der Waals surface area contributed by atoms with Gasteiger partial charge in [0.25, 0.3) is 0 Å². The van der Waals surface area contributed by atoms with Gasteiger partial charge in [-0.05, 0) is 68.8 Å². The zero-order chi connectivity index (χ0) is 12.6. The average molecular weight is 298 g/mol. The first-order valence-corrected chi connectivity index (χ1v) is 7.02. The molecule has 0 spiro atoms. The number of halogens is 1. The lowest BCUT2D eigenvalue weighted by molar-refractivity contribution is 0.456. The maximum Gasteiger partial charge on any atom is 0.122 e. The van der Waals surface area contributed by atoms with E-state index in [1.807, 2.05) is 13.8 Å². The monoisotopic (exact) mass is 297 g/mol. The summed E-state index contributed by atoms with van der Waals surface area (Å²) in [7, 11) is 0. The van der Waals surface area contributed by atoms with Crippen molar-refractivity contribution < 1.29 is 5.11 Å². The van der Waals surface area contributed by atoms with Crippen molar-refractivity contribution in [1.82, 2.24) is 5.32 Å². The van der Waals surface area contributed by atoms with Crippen LogP contribution in [-0.4, -0.2) is 17.7 Å². The van der Waals surface area contributed by atoms with Crippen molar-refractivity contribution in [2.45, 2.75) is 46.1 Å². The van der Waals surface area contributed by atoms with Crippen molar-refractivity contribution in [1.29, 1.82) is 0 Å². The molecule has 2 N–H and O–H groups in total. The smallest absolute Gasteiger partial charge is 0.122 e. The summed E-state index contributed by atoms with van der Waals surface area (Å²) in [6.07, 6.45) is 3.39. The van der Waals surface area contributed by atoms with Gasteiger partial charge < -0.3 is 10.4 Å². The van der Waals surface area contributed by atoms with Crippen LogP contribution >= 0.6 is 15.9 Å². The molecule has 1 aliphatic heterocycles. The van der Waals surface area contributed by atoms with Crippen LogP contribution in [0, 0.1) is 20.8 Å². The Kier molecular flexibility index (Phi) is 3.79. The lowest BCUT2D eigenvalue weighted by atomic mass is 9.94. The Morgan fingerprint density at radius 3 is 2.53 bits per heavy atom. The Bertz CT molecular complexity index is 407. The second-order valence-electron chi connectivity index (χ2n) is 5.01. The molecule has 0 aliphatic carbocycles. The van der Waals surface area contributed by atoms with E-state index in [-0.39, 0.29) is 0 Å². The molecule has 0 amide bonds. The van der Waals surface area contributed by atoms with Crippen molar-refractivity contribution >= 4 is 15.9 Å². The summed E-state index contributed by atoms with van der Waals surface area (Å²) >= 11 is 3.63. The number of hydrogen-bond donors (Lipinski definition) is 2. The molecule has 1 saturated heterocycles. The number of benzene rings is 1. The predicted molar refractivity (Wildman–Crippen MR) is 74.7 cm³/mol. The number of nitrogens with one attached hydrogen (secondary N) is 1. The number of rotatable bonds is 2. The molecule has 1 aromatic rings. The van der Waals surface area contributed by atoms with Crippen LogP contribution in [0.15, 0.2) is 4.47 Å². The van der Waals surface area contributed by atoms with Crippen molar-refractivity contribution in [3.05, 3.63) is 26.7 Å². The largest absolute Gasteiger partial charge is 0.507 e. The third-order valence-electron chi connectivity index (χ3n) is 3.93. The highest BCUT2D eigenvalue weighted by molar-refractivity contribution is 9.10. The minimum Gasteiger partial charge on any atom is -0.507 e. The molecule has 1 fully saturated rings. The summed E-state index contributed by atoms with van der Waals surface area (Å²) in [5, 5.41) is 13.8. The van der Waals surface area contributed by atoms with Crippen LogP contribution in [0.5, 0.6) is 5.75 Å². The number of phenolic OH excluding ortho intramolecular Hbond substituents is 1. The highest BCUT2D eigenvalue weighted by atomic mass is 79.9. The van der Waals surface area contributed by atoms with Gasteiger partial charge in [-0.15, -0.1) is 0 Å². The van der Waals surface area contributed by atoms with E-state index < -0.39 is 0 Å². The van der Waals surface area contributed by atoms with Crippen LogP contribution in [0.25, 0.3) is 0 Å². The van der Waals surface area contributed by atoms with Crippen molar-refractivity contribution in [2.75, 3.05) is 6.54 Å². The Hall–Kier alpha value is -0.540. The third kappa shape index (κ3) is 2.36. The normalized spacial score (nSPS) is 19.9. The number of aromatic hydroxyl groups is 1. The molecule has 2 rings (SSSR count). The van der Waals surface area contributed by atoms with Gasteiger partial charge in [0.05, 0.1) is 0 Å². The molecular weight excluding hydrogens is 278 g/mol. The molecule has 17 heavy (non-hydrogen) atoms. The molecule has 2 nitrogen and oxygen atoms in total. The molecule has 0 saturated carbocycles. The van der Waals surface area contributed by atoms with Gasteiger partial charge in [0.2, 0.25) is 0 Å². The van der Waals surface area contributed by atoms with Crippen LogP contribution in [0.4, 0.5) is 0 Å². The SMILES string of the molecule is Cc1c(C)c(Br)c(C)c(CC2CCCN2)c1O. The average Bonchev–Trinajstić information content (AvgIpc) is 2.82. The summed E-state index contributed by atoms with van der Waals surface area (Å²) in [4.78, 5) is 0. The Morgan fingerprint density at radius 2 is 1.94 bits per heavy atom. The molecule has 1 atom stereocenters. The first kappa shape index (κ1) is 12.9. The van der Waals surface area contributed by atoms with Crippen molar-refractivity contribution in [3.63, 3.8) is 0 Å². The van der Waals surface area contributed by atoms with Gasteiger partial charge in [-0.3, -0.25) is 0 Å². The van der Waals surface area contributed by atoms with Crippen LogP contribution < -0.4 is 5.32 Å². The standard InChI is InChI=1S/C14H20BrNO/c1-8-9(2)14(17)12(10(3)13(8)15)7-11-5-4-6-16-11/h11,16-17H,4-7H2,1-3H3. The molecule has 94 valence electrons. The molecule has 1 heterocycles. The summed E-state index contributed by atoms with van der Waals surface area (Å²) in [6.45, 7) is 7.22. The summed E-state index contributed by atoms with van der Waals surface area (Å²) in [5.41, 5.74) is 4.41. The first-order chi connectivity index (χ1) is 8.02. The molecule has 0 bridgehead atoms. The highest BCUT2D eigenvalue weighted by Crippen LogP contribution is 2.36. The van der Waals surface area contributed by atoms with Gasteiger partial charge in [0.1, 0.15) is 5.75 Å². The Morgan fingerprint density at radius 1 is 1.24 bits per heavy atom. The van der Waals surface area contributed by atoms with E-state index in [0.29, 0.717) is 11.8 Å². The van der Waals surface area contributed by atoms with Crippen LogP contribution in [0.3, 0.4) is 0 Å². The van der Waals surface area contributed by atoms with E-state index in [9.17, 15) is 5.11 Å². The van der Waals surface area contributed by atoms with E-state index in [1.165, 1.54) is 18.4 Å². The molecule has 0 aromatic heterocycles. The maximum absolute atomic E-state index is 10.3. The minimum atomic E-state index is 0.483. The summed E-state index contributed by atoms with van der Waals surface area (Å²) < 4.78 is 1.14. The van der Waals surface area contributed by atoms with Gasteiger partial charge in [0.15, 0.2) is 0 Å². The van der Waals surface area contributed by atoms with Crippen molar-refractivity contribution in [3.8, 4) is 5.75 Å². The third-order valence-corrected chi connectivity index (χ3v) is 5.12. The number of hydrogen-bond acceptors (Lipinski definition) is 2. The predicted octanol–water partition coefficient (Wildman–Crippen LogP) is 3.37. The highest BCUT2D eigenvalue weighted by Gasteiger charge is 2.20. The van der Waals surface area contributed by atoms with E-state index in [0.717, 1.165) is 34.1 Å². The fourth-order valence-electron chi connectivity index (χ4n) is 2.59. The van der Waals surface area contributed by atoms with E-state index in [4.69, 9.17) is 0 Å². The summed E-state index contributed by atoms with van der Waals surface area (Å²) in [6, 6.07) is 0.522. The number of phenols is 1. The molecule has 1 aromatic carbocycles.